The second-order valence-electron chi connectivity index (χ2n) is 4.37. The summed E-state index contributed by atoms with van der Waals surface area (Å²) in [6.45, 7) is 6.05. The van der Waals surface area contributed by atoms with E-state index in [4.69, 9.17) is 9.84 Å². The molecule has 1 unspecified atom stereocenters. The minimum absolute atomic E-state index is 0.0227. The van der Waals surface area contributed by atoms with E-state index in [0.717, 1.165) is 17.7 Å². The van der Waals surface area contributed by atoms with E-state index >= 15 is 0 Å². The van der Waals surface area contributed by atoms with Crippen molar-refractivity contribution in [1.82, 2.24) is 0 Å². The van der Waals surface area contributed by atoms with Crippen molar-refractivity contribution in [3.8, 4) is 5.75 Å². The summed E-state index contributed by atoms with van der Waals surface area (Å²) < 4.78 is 5.70. The summed E-state index contributed by atoms with van der Waals surface area (Å²) in [6.07, 6.45) is 0.750. The molecule has 0 saturated heterocycles. The molecule has 0 aliphatic rings. The first kappa shape index (κ1) is 13.6. The molecule has 17 heavy (non-hydrogen) atoms. The zero-order valence-corrected chi connectivity index (χ0v) is 10.6. The predicted octanol–water partition coefficient (Wildman–Crippen LogP) is 3.44. The molecule has 0 aromatic heterocycles. The minimum atomic E-state index is -0.835. The Hall–Kier alpha value is -1.51. The fourth-order valence-electron chi connectivity index (χ4n) is 1.72. The number of aliphatic carboxylic acids is 1. The van der Waals surface area contributed by atoms with E-state index in [1.807, 2.05) is 24.3 Å². The predicted molar refractivity (Wildman–Crippen MR) is 67.5 cm³/mol. The van der Waals surface area contributed by atoms with Gasteiger partial charge in [-0.2, -0.15) is 0 Å². The van der Waals surface area contributed by atoms with Crippen LogP contribution in [0.15, 0.2) is 24.3 Å². The minimum Gasteiger partial charge on any atom is -0.490 e. The topological polar surface area (TPSA) is 46.5 Å². The van der Waals surface area contributed by atoms with Crippen molar-refractivity contribution >= 4 is 5.97 Å². The van der Waals surface area contributed by atoms with Gasteiger partial charge in [-0.25, -0.2) is 0 Å². The van der Waals surface area contributed by atoms with Crippen molar-refractivity contribution in [1.29, 1.82) is 0 Å². The Balaban J connectivity index is 2.79. The maximum Gasteiger partial charge on any atom is 0.307 e. The number of carbonyl (C=O) groups is 1. The molecule has 1 aromatic carbocycles. The van der Waals surface area contributed by atoms with E-state index in [0.29, 0.717) is 5.92 Å². The number of hydrogen-bond donors (Lipinski definition) is 1. The van der Waals surface area contributed by atoms with Crippen LogP contribution in [-0.4, -0.2) is 17.2 Å². The highest BCUT2D eigenvalue weighted by molar-refractivity contribution is 5.67. The number of para-hydroxylation sites is 1. The first-order valence-electron chi connectivity index (χ1n) is 6.02. The Kier molecular flexibility index (Phi) is 5.01. The molecule has 0 aliphatic carbocycles. The SMILES string of the molecule is CCC(C)c1ccccc1O[C@@H](C)CC(=O)O. The van der Waals surface area contributed by atoms with Gasteiger partial charge < -0.3 is 9.84 Å². The maximum atomic E-state index is 10.6. The lowest BCUT2D eigenvalue weighted by Gasteiger charge is -2.18. The van der Waals surface area contributed by atoms with E-state index in [-0.39, 0.29) is 12.5 Å². The third-order valence-electron chi connectivity index (χ3n) is 2.85. The lowest BCUT2D eigenvalue weighted by atomic mass is 9.98. The van der Waals surface area contributed by atoms with Crippen LogP contribution in [-0.2, 0) is 4.79 Å². The van der Waals surface area contributed by atoms with Crippen molar-refractivity contribution < 1.29 is 14.6 Å². The van der Waals surface area contributed by atoms with Crippen LogP contribution in [0.5, 0.6) is 5.75 Å². The first-order chi connectivity index (χ1) is 8.04. The summed E-state index contributed by atoms with van der Waals surface area (Å²) in [7, 11) is 0. The van der Waals surface area contributed by atoms with Gasteiger partial charge in [-0.15, -0.1) is 0 Å². The molecule has 0 aliphatic heterocycles. The monoisotopic (exact) mass is 236 g/mol. The number of ether oxygens (including phenoxy) is 1. The van der Waals surface area contributed by atoms with Crippen LogP contribution in [0.25, 0.3) is 0 Å². The molecule has 2 atom stereocenters. The Labute approximate surface area is 102 Å². The number of benzene rings is 1. The summed E-state index contributed by atoms with van der Waals surface area (Å²) in [5.74, 6) is 0.386. The Morgan fingerprint density at radius 1 is 1.35 bits per heavy atom. The first-order valence-corrected chi connectivity index (χ1v) is 6.02. The smallest absolute Gasteiger partial charge is 0.307 e. The van der Waals surface area contributed by atoms with E-state index in [1.165, 1.54) is 0 Å². The molecule has 0 bridgehead atoms. The van der Waals surface area contributed by atoms with E-state index < -0.39 is 5.97 Å². The highest BCUT2D eigenvalue weighted by Crippen LogP contribution is 2.29. The maximum absolute atomic E-state index is 10.6. The molecule has 0 saturated carbocycles. The summed E-state index contributed by atoms with van der Waals surface area (Å²) in [4.78, 5) is 10.6. The summed E-state index contributed by atoms with van der Waals surface area (Å²) >= 11 is 0. The molecule has 3 nitrogen and oxygen atoms in total. The quantitative estimate of drug-likeness (QED) is 0.823. The molecule has 0 amide bonds. The Morgan fingerprint density at radius 3 is 2.59 bits per heavy atom. The average Bonchev–Trinajstić information content (AvgIpc) is 2.27. The van der Waals surface area contributed by atoms with E-state index in [9.17, 15) is 4.79 Å². The molecule has 0 heterocycles. The second kappa shape index (κ2) is 6.28. The van der Waals surface area contributed by atoms with Crippen LogP contribution in [0.4, 0.5) is 0 Å². The third kappa shape index (κ3) is 4.10. The van der Waals surface area contributed by atoms with Gasteiger partial charge in [0, 0.05) is 0 Å². The van der Waals surface area contributed by atoms with Gasteiger partial charge in [-0.1, -0.05) is 32.0 Å². The molecule has 0 radical (unpaired) electrons. The molecular formula is C14H20O3. The highest BCUT2D eigenvalue weighted by Gasteiger charge is 2.14. The van der Waals surface area contributed by atoms with Gasteiger partial charge in [0.2, 0.25) is 0 Å². The molecule has 3 heteroatoms. The summed E-state index contributed by atoms with van der Waals surface area (Å²) in [5, 5.41) is 8.71. The molecule has 94 valence electrons. The van der Waals surface area contributed by atoms with Crippen LogP contribution < -0.4 is 4.74 Å². The van der Waals surface area contributed by atoms with Gasteiger partial charge >= 0.3 is 5.97 Å². The van der Waals surface area contributed by atoms with Crippen LogP contribution >= 0.6 is 0 Å². The normalized spacial score (nSPS) is 14.1. The molecule has 1 rings (SSSR count). The van der Waals surface area contributed by atoms with Crippen LogP contribution in [0.3, 0.4) is 0 Å². The standard InChI is InChI=1S/C14H20O3/c1-4-10(2)12-7-5-6-8-13(12)17-11(3)9-14(15)16/h5-8,10-11H,4,9H2,1-3H3,(H,15,16)/t10?,11-/m0/s1. The van der Waals surface area contributed by atoms with E-state index in [1.54, 1.807) is 6.92 Å². The highest BCUT2D eigenvalue weighted by atomic mass is 16.5. The largest absolute Gasteiger partial charge is 0.490 e. The number of carboxylic acids is 1. The Bertz CT molecular complexity index is 373. The summed E-state index contributed by atoms with van der Waals surface area (Å²) in [6, 6.07) is 7.84. The second-order valence-corrected chi connectivity index (χ2v) is 4.37. The molecular weight excluding hydrogens is 216 g/mol. The zero-order chi connectivity index (χ0) is 12.8. The van der Waals surface area contributed by atoms with Crippen molar-refractivity contribution in [2.24, 2.45) is 0 Å². The Morgan fingerprint density at radius 2 is 2.00 bits per heavy atom. The lowest BCUT2D eigenvalue weighted by Crippen LogP contribution is -2.17. The van der Waals surface area contributed by atoms with Gasteiger partial charge in [0.15, 0.2) is 0 Å². The van der Waals surface area contributed by atoms with Crippen LogP contribution in [0.2, 0.25) is 0 Å². The fraction of sp³-hybridized carbons (Fsp3) is 0.500. The molecule has 0 fully saturated rings. The van der Waals surface area contributed by atoms with Gasteiger partial charge in [-0.05, 0) is 30.9 Å². The molecule has 0 spiro atoms. The number of hydrogen-bond acceptors (Lipinski definition) is 2. The zero-order valence-electron chi connectivity index (χ0n) is 10.6. The average molecular weight is 236 g/mol. The van der Waals surface area contributed by atoms with Crippen molar-refractivity contribution in [3.05, 3.63) is 29.8 Å². The van der Waals surface area contributed by atoms with Gasteiger partial charge in [0.25, 0.3) is 0 Å². The van der Waals surface area contributed by atoms with Gasteiger partial charge in [0.05, 0.1) is 6.42 Å². The lowest BCUT2D eigenvalue weighted by molar-refractivity contribution is -0.138. The van der Waals surface area contributed by atoms with Crippen LogP contribution in [0.1, 0.15) is 45.1 Å². The van der Waals surface area contributed by atoms with Gasteiger partial charge in [-0.3, -0.25) is 4.79 Å². The van der Waals surface area contributed by atoms with Crippen molar-refractivity contribution in [2.45, 2.75) is 45.6 Å². The van der Waals surface area contributed by atoms with Crippen molar-refractivity contribution in [2.75, 3.05) is 0 Å². The summed E-state index contributed by atoms with van der Waals surface area (Å²) in [5.41, 5.74) is 1.15. The van der Waals surface area contributed by atoms with E-state index in [2.05, 4.69) is 13.8 Å². The number of carboxylic acid groups (broad SMARTS) is 1. The van der Waals surface area contributed by atoms with Crippen LogP contribution in [0, 0.1) is 0 Å². The van der Waals surface area contributed by atoms with Crippen molar-refractivity contribution in [3.63, 3.8) is 0 Å². The molecule has 1 aromatic rings. The fourth-order valence-corrected chi connectivity index (χ4v) is 1.72. The van der Waals surface area contributed by atoms with Gasteiger partial charge in [0.1, 0.15) is 11.9 Å². The number of rotatable bonds is 6. The third-order valence-corrected chi connectivity index (χ3v) is 2.85. The molecule has 1 N–H and O–H groups in total.